The molecule has 0 aliphatic rings. The first-order chi connectivity index (χ1) is 16.5. The number of fused-ring (bicyclic) bond motifs is 1. The first-order valence-corrected chi connectivity index (χ1v) is 13.3. The minimum atomic E-state index is -4.52. The quantitative estimate of drug-likeness (QED) is 0.262. The van der Waals surface area contributed by atoms with Crippen LogP contribution in [0.2, 0.25) is 0 Å². The third-order valence-corrected chi connectivity index (χ3v) is 8.71. The molecule has 0 aliphatic carbocycles. The fourth-order valence-electron chi connectivity index (χ4n) is 3.49. The van der Waals surface area contributed by atoms with Gasteiger partial charge in [-0.15, -0.1) is 11.3 Å². The van der Waals surface area contributed by atoms with Crippen LogP contribution >= 0.6 is 27.3 Å². The van der Waals surface area contributed by atoms with E-state index >= 15 is 0 Å². The van der Waals surface area contributed by atoms with Gasteiger partial charge in [0.25, 0.3) is 15.9 Å². The van der Waals surface area contributed by atoms with Crippen LogP contribution in [0.15, 0.2) is 82.2 Å². The van der Waals surface area contributed by atoms with E-state index < -0.39 is 27.7 Å². The maximum atomic E-state index is 13.2. The highest BCUT2D eigenvalue weighted by Crippen LogP contribution is 2.33. The number of benzene rings is 3. The van der Waals surface area contributed by atoms with Crippen LogP contribution in [0.1, 0.15) is 22.2 Å². The van der Waals surface area contributed by atoms with Crippen LogP contribution in [0.4, 0.5) is 24.5 Å². The summed E-state index contributed by atoms with van der Waals surface area (Å²) in [5, 5.41) is 3.14. The molecule has 182 valence electrons. The number of alkyl halides is 3. The van der Waals surface area contributed by atoms with Crippen molar-refractivity contribution in [3.05, 3.63) is 87.7 Å². The number of amides is 1. The maximum Gasteiger partial charge on any atom is 0.416 e. The predicted octanol–water partition coefficient (Wildman–Crippen LogP) is 7.15. The summed E-state index contributed by atoms with van der Waals surface area (Å²) >= 11 is 4.46. The van der Waals surface area contributed by atoms with E-state index in [0.29, 0.717) is 11.1 Å². The summed E-state index contributed by atoms with van der Waals surface area (Å²) in [6, 6.07) is 17.4. The number of nitrogens with zero attached hydrogens (tertiary/aromatic N) is 1. The standard InChI is InChI=1S/C24H18BrF3N2O3S2/c1-2-30(35(32,33)20-9-6-17(25)7-10-20)19-8-11-21-15(12-19)13-22(34-21)23(31)29-18-5-3-4-16(14-18)24(26,27)28/h3-14H,2H2,1H3,(H,29,31). The Morgan fingerprint density at radius 3 is 2.40 bits per heavy atom. The number of hydrogen-bond acceptors (Lipinski definition) is 4. The lowest BCUT2D eigenvalue weighted by atomic mass is 10.2. The molecule has 4 rings (SSSR count). The zero-order valence-electron chi connectivity index (χ0n) is 18.1. The Labute approximate surface area is 212 Å². The lowest BCUT2D eigenvalue weighted by Crippen LogP contribution is -2.30. The molecule has 0 fully saturated rings. The highest BCUT2D eigenvalue weighted by molar-refractivity contribution is 9.10. The lowest BCUT2D eigenvalue weighted by molar-refractivity contribution is -0.137. The summed E-state index contributed by atoms with van der Waals surface area (Å²) in [5.41, 5.74) is -0.394. The van der Waals surface area contributed by atoms with E-state index in [1.54, 1.807) is 43.3 Å². The number of carbonyl (C=O) groups is 1. The summed E-state index contributed by atoms with van der Waals surface area (Å²) in [5.74, 6) is -0.554. The largest absolute Gasteiger partial charge is 0.416 e. The van der Waals surface area contributed by atoms with Crippen LogP contribution in [0.3, 0.4) is 0 Å². The third-order valence-electron chi connectivity index (χ3n) is 5.15. The molecule has 4 aromatic rings. The fourth-order valence-corrected chi connectivity index (χ4v) is 6.16. The summed E-state index contributed by atoms with van der Waals surface area (Å²) in [4.78, 5) is 13.1. The van der Waals surface area contributed by atoms with Crippen molar-refractivity contribution in [1.82, 2.24) is 0 Å². The number of sulfonamides is 1. The molecule has 0 spiro atoms. The highest BCUT2D eigenvalue weighted by atomic mass is 79.9. The number of anilines is 2. The fraction of sp³-hybridized carbons (Fsp3) is 0.125. The number of halogens is 4. The molecular weight excluding hydrogens is 565 g/mol. The average molecular weight is 583 g/mol. The normalized spacial score (nSPS) is 12.0. The van der Waals surface area contributed by atoms with Gasteiger partial charge in [0.15, 0.2) is 0 Å². The second kappa shape index (κ2) is 9.63. The second-order valence-corrected chi connectivity index (χ2v) is 11.4. The molecule has 0 radical (unpaired) electrons. The minimum Gasteiger partial charge on any atom is -0.321 e. The molecule has 0 saturated carbocycles. The van der Waals surface area contributed by atoms with Gasteiger partial charge in [-0.25, -0.2) is 8.42 Å². The van der Waals surface area contributed by atoms with Gasteiger partial charge in [-0.1, -0.05) is 22.0 Å². The molecule has 1 aromatic heterocycles. The Bertz CT molecular complexity index is 1500. The van der Waals surface area contributed by atoms with Crippen molar-refractivity contribution in [2.45, 2.75) is 18.0 Å². The molecule has 0 bridgehead atoms. The van der Waals surface area contributed by atoms with Crippen LogP contribution in [0, 0.1) is 0 Å². The lowest BCUT2D eigenvalue weighted by Gasteiger charge is -2.23. The van der Waals surface area contributed by atoms with E-state index in [9.17, 15) is 26.4 Å². The second-order valence-electron chi connectivity index (χ2n) is 7.49. The van der Waals surface area contributed by atoms with Crippen molar-refractivity contribution in [3.8, 4) is 0 Å². The van der Waals surface area contributed by atoms with Crippen LogP contribution in [-0.2, 0) is 16.2 Å². The Morgan fingerprint density at radius 2 is 1.74 bits per heavy atom. The van der Waals surface area contributed by atoms with Crippen molar-refractivity contribution in [1.29, 1.82) is 0 Å². The molecule has 3 aromatic carbocycles. The van der Waals surface area contributed by atoms with E-state index in [-0.39, 0.29) is 22.0 Å². The van der Waals surface area contributed by atoms with Crippen molar-refractivity contribution in [2.75, 3.05) is 16.2 Å². The third kappa shape index (κ3) is 5.36. The molecule has 0 unspecified atom stereocenters. The molecule has 0 atom stereocenters. The number of hydrogen-bond donors (Lipinski definition) is 1. The van der Waals surface area contributed by atoms with Gasteiger partial charge in [0.1, 0.15) is 0 Å². The van der Waals surface area contributed by atoms with E-state index in [2.05, 4.69) is 21.2 Å². The van der Waals surface area contributed by atoms with Crippen LogP contribution in [0.5, 0.6) is 0 Å². The topological polar surface area (TPSA) is 66.5 Å². The molecule has 0 aliphatic heterocycles. The Balaban J connectivity index is 1.61. The average Bonchev–Trinajstić information content (AvgIpc) is 3.23. The summed E-state index contributed by atoms with van der Waals surface area (Å²) in [6.45, 7) is 1.92. The smallest absolute Gasteiger partial charge is 0.321 e. The van der Waals surface area contributed by atoms with Gasteiger partial charge < -0.3 is 5.32 Å². The van der Waals surface area contributed by atoms with Gasteiger partial charge in [0.2, 0.25) is 0 Å². The van der Waals surface area contributed by atoms with E-state index in [4.69, 9.17) is 0 Å². The van der Waals surface area contributed by atoms with E-state index in [1.807, 2.05) is 0 Å². The molecule has 11 heteroatoms. The maximum absolute atomic E-state index is 13.2. The molecule has 35 heavy (non-hydrogen) atoms. The molecule has 0 saturated heterocycles. The molecule has 1 N–H and O–H groups in total. The van der Waals surface area contributed by atoms with Crippen molar-refractivity contribution >= 4 is 64.7 Å². The van der Waals surface area contributed by atoms with E-state index in [0.717, 1.165) is 32.6 Å². The van der Waals surface area contributed by atoms with Gasteiger partial charge in [0, 0.05) is 21.4 Å². The Hall–Kier alpha value is -2.89. The predicted molar refractivity (Wildman–Crippen MR) is 136 cm³/mol. The molecule has 5 nitrogen and oxygen atoms in total. The number of thiophene rings is 1. The van der Waals surface area contributed by atoms with Gasteiger partial charge in [0.05, 0.1) is 21.0 Å². The van der Waals surface area contributed by atoms with Crippen molar-refractivity contribution in [2.24, 2.45) is 0 Å². The summed E-state index contributed by atoms with van der Waals surface area (Å²) in [6.07, 6.45) is -4.52. The molecule has 1 heterocycles. The first-order valence-electron chi connectivity index (χ1n) is 10.3. The zero-order chi connectivity index (χ0) is 25.4. The minimum absolute atomic E-state index is 0.0284. The number of rotatable bonds is 6. The molecular formula is C24H18BrF3N2O3S2. The summed E-state index contributed by atoms with van der Waals surface area (Å²) < 4.78 is 68.0. The van der Waals surface area contributed by atoms with Crippen LogP contribution < -0.4 is 9.62 Å². The van der Waals surface area contributed by atoms with Gasteiger partial charge in [-0.2, -0.15) is 13.2 Å². The number of nitrogens with one attached hydrogen (secondary N) is 1. The van der Waals surface area contributed by atoms with Crippen molar-refractivity contribution in [3.63, 3.8) is 0 Å². The van der Waals surface area contributed by atoms with Gasteiger partial charge in [-0.3, -0.25) is 9.10 Å². The van der Waals surface area contributed by atoms with Gasteiger partial charge >= 0.3 is 6.18 Å². The monoisotopic (exact) mass is 582 g/mol. The van der Waals surface area contributed by atoms with Gasteiger partial charge in [-0.05, 0) is 79.0 Å². The molecule has 1 amide bonds. The van der Waals surface area contributed by atoms with Crippen LogP contribution in [-0.4, -0.2) is 20.9 Å². The SMILES string of the molecule is CCN(c1ccc2sc(C(=O)Nc3cccc(C(F)(F)F)c3)cc2c1)S(=O)(=O)c1ccc(Br)cc1. The highest BCUT2D eigenvalue weighted by Gasteiger charge is 2.30. The summed E-state index contributed by atoms with van der Waals surface area (Å²) in [7, 11) is -3.81. The van der Waals surface area contributed by atoms with Crippen molar-refractivity contribution < 1.29 is 26.4 Å². The zero-order valence-corrected chi connectivity index (χ0v) is 21.4. The Kier molecular flexibility index (Phi) is 6.94. The number of carbonyl (C=O) groups excluding carboxylic acids is 1. The Morgan fingerprint density at radius 1 is 1.03 bits per heavy atom. The van der Waals surface area contributed by atoms with Crippen LogP contribution in [0.25, 0.3) is 10.1 Å². The van der Waals surface area contributed by atoms with E-state index in [1.165, 1.54) is 28.6 Å². The first kappa shape index (κ1) is 25.2.